The van der Waals surface area contributed by atoms with Gasteiger partial charge in [-0.3, -0.25) is 19.3 Å². The van der Waals surface area contributed by atoms with Gasteiger partial charge in [-0.1, -0.05) is 43.7 Å². The zero-order chi connectivity index (χ0) is 21.5. The standard InChI is InChI=1S/C23H23N3O4/c1-3-11-23(16-7-5-4-6-8-16)21(29)26(22(30)25-23)13-19(27)15-9-10-18-17(12-15)14(2)20(28)24-18/h4-10,12,14H,3,11,13H2,1-2H3,(H,24,28)(H,25,30)/t14-,23-/m0/s1. The minimum Gasteiger partial charge on any atom is -0.325 e. The maximum atomic E-state index is 13.3. The smallest absolute Gasteiger partial charge is 0.325 e. The number of amides is 4. The van der Waals surface area contributed by atoms with Gasteiger partial charge in [-0.05, 0) is 42.7 Å². The average molecular weight is 405 g/mol. The van der Waals surface area contributed by atoms with Crippen LogP contribution in [0.5, 0.6) is 0 Å². The number of carbonyl (C=O) groups is 4. The molecule has 0 unspecified atom stereocenters. The lowest BCUT2D eigenvalue weighted by molar-refractivity contribution is -0.131. The van der Waals surface area contributed by atoms with Crippen molar-refractivity contribution in [3.63, 3.8) is 0 Å². The Morgan fingerprint density at radius 3 is 2.53 bits per heavy atom. The highest BCUT2D eigenvalue weighted by Gasteiger charge is 2.52. The van der Waals surface area contributed by atoms with E-state index in [1.807, 2.05) is 37.3 Å². The van der Waals surface area contributed by atoms with Crippen LogP contribution >= 0.6 is 0 Å². The van der Waals surface area contributed by atoms with Crippen LogP contribution in [0, 0.1) is 0 Å². The third-order valence-corrected chi connectivity index (χ3v) is 5.86. The highest BCUT2D eigenvalue weighted by atomic mass is 16.2. The topological polar surface area (TPSA) is 95.6 Å². The summed E-state index contributed by atoms with van der Waals surface area (Å²) >= 11 is 0. The van der Waals surface area contributed by atoms with Gasteiger partial charge in [-0.25, -0.2) is 4.79 Å². The molecule has 2 aliphatic rings. The van der Waals surface area contributed by atoms with E-state index >= 15 is 0 Å². The first kappa shape index (κ1) is 19.8. The molecule has 2 aliphatic heterocycles. The first-order chi connectivity index (χ1) is 14.4. The number of nitrogens with zero attached hydrogens (tertiary/aromatic N) is 1. The van der Waals surface area contributed by atoms with Gasteiger partial charge < -0.3 is 10.6 Å². The van der Waals surface area contributed by atoms with Crippen LogP contribution in [0.1, 0.15) is 54.1 Å². The molecule has 2 atom stereocenters. The number of hydrogen-bond donors (Lipinski definition) is 2. The number of ketones is 1. The number of benzene rings is 2. The number of carbonyl (C=O) groups excluding carboxylic acids is 4. The van der Waals surface area contributed by atoms with E-state index in [4.69, 9.17) is 0 Å². The summed E-state index contributed by atoms with van der Waals surface area (Å²) < 4.78 is 0. The number of imide groups is 1. The minimum atomic E-state index is -1.16. The summed E-state index contributed by atoms with van der Waals surface area (Å²) in [6.45, 7) is 3.36. The molecule has 0 aromatic heterocycles. The van der Waals surface area contributed by atoms with Gasteiger partial charge in [-0.15, -0.1) is 0 Å². The Morgan fingerprint density at radius 2 is 1.83 bits per heavy atom. The Hall–Kier alpha value is -3.48. The van der Waals surface area contributed by atoms with Crippen molar-refractivity contribution in [1.82, 2.24) is 10.2 Å². The predicted octanol–water partition coefficient (Wildman–Crippen LogP) is 3.17. The van der Waals surface area contributed by atoms with Crippen LogP contribution in [0.3, 0.4) is 0 Å². The fourth-order valence-corrected chi connectivity index (χ4v) is 4.20. The SMILES string of the molecule is CCC[C@@]1(c2ccccc2)NC(=O)N(CC(=O)c2ccc3c(c2)[C@H](C)C(=O)N3)C1=O. The van der Waals surface area contributed by atoms with E-state index in [0.717, 1.165) is 10.5 Å². The summed E-state index contributed by atoms with van der Waals surface area (Å²) in [5, 5.41) is 5.59. The van der Waals surface area contributed by atoms with Gasteiger partial charge in [0.1, 0.15) is 5.54 Å². The van der Waals surface area contributed by atoms with Gasteiger partial charge >= 0.3 is 6.03 Å². The molecular formula is C23H23N3O4. The number of rotatable bonds is 6. The Bertz CT molecular complexity index is 1050. The second-order valence-corrected chi connectivity index (χ2v) is 7.78. The van der Waals surface area contributed by atoms with Crippen molar-refractivity contribution in [2.75, 3.05) is 11.9 Å². The molecule has 2 heterocycles. The van der Waals surface area contributed by atoms with Crippen LogP contribution in [0.25, 0.3) is 0 Å². The fraction of sp³-hybridized carbons (Fsp3) is 0.304. The van der Waals surface area contributed by atoms with Crippen molar-refractivity contribution in [3.05, 3.63) is 65.2 Å². The average Bonchev–Trinajstić information content (AvgIpc) is 3.16. The van der Waals surface area contributed by atoms with E-state index in [-0.39, 0.29) is 24.2 Å². The molecule has 1 fully saturated rings. The van der Waals surface area contributed by atoms with Crippen molar-refractivity contribution in [1.29, 1.82) is 0 Å². The molecule has 30 heavy (non-hydrogen) atoms. The van der Waals surface area contributed by atoms with Gasteiger partial charge in [0.2, 0.25) is 5.91 Å². The molecule has 4 amide bonds. The Labute approximate surface area is 174 Å². The van der Waals surface area contributed by atoms with Crippen molar-refractivity contribution in [2.45, 2.75) is 38.1 Å². The molecule has 0 bridgehead atoms. The second-order valence-electron chi connectivity index (χ2n) is 7.78. The summed E-state index contributed by atoms with van der Waals surface area (Å²) in [4.78, 5) is 51.7. The maximum absolute atomic E-state index is 13.3. The molecule has 1 saturated heterocycles. The molecule has 7 nitrogen and oxygen atoms in total. The van der Waals surface area contributed by atoms with Crippen LogP contribution in [-0.4, -0.2) is 35.1 Å². The minimum absolute atomic E-state index is 0.115. The predicted molar refractivity (Wildman–Crippen MR) is 111 cm³/mol. The number of hydrogen-bond acceptors (Lipinski definition) is 4. The summed E-state index contributed by atoms with van der Waals surface area (Å²) in [5.41, 5.74) is 1.34. The molecule has 2 aromatic carbocycles. The molecule has 0 aliphatic carbocycles. The van der Waals surface area contributed by atoms with E-state index < -0.39 is 17.5 Å². The van der Waals surface area contributed by atoms with Crippen LogP contribution in [0.4, 0.5) is 10.5 Å². The lowest BCUT2D eigenvalue weighted by Gasteiger charge is -2.26. The molecule has 0 spiro atoms. The Morgan fingerprint density at radius 1 is 1.10 bits per heavy atom. The van der Waals surface area contributed by atoms with Crippen LogP contribution in [0.2, 0.25) is 0 Å². The number of fused-ring (bicyclic) bond motifs is 1. The number of nitrogens with one attached hydrogen (secondary N) is 2. The molecule has 0 saturated carbocycles. The lowest BCUT2D eigenvalue weighted by Crippen LogP contribution is -2.44. The number of urea groups is 1. The van der Waals surface area contributed by atoms with E-state index in [9.17, 15) is 19.2 Å². The quantitative estimate of drug-likeness (QED) is 0.570. The molecule has 4 rings (SSSR count). The molecule has 154 valence electrons. The highest BCUT2D eigenvalue weighted by Crippen LogP contribution is 2.35. The fourth-order valence-electron chi connectivity index (χ4n) is 4.20. The van der Waals surface area contributed by atoms with Gasteiger partial charge in [0, 0.05) is 11.3 Å². The van der Waals surface area contributed by atoms with Crippen LogP contribution in [0.15, 0.2) is 48.5 Å². The Balaban J connectivity index is 1.60. The third-order valence-electron chi connectivity index (χ3n) is 5.86. The van der Waals surface area contributed by atoms with E-state index in [1.165, 1.54) is 0 Å². The summed E-state index contributed by atoms with van der Waals surface area (Å²) in [7, 11) is 0. The third kappa shape index (κ3) is 3.07. The maximum Gasteiger partial charge on any atom is 0.325 e. The zero-order valence-corrected chi connectivity index (χ0v) is 16.9. The number of anilines is 1. The van der Waals surface area contributed by atoms with E-state index in [2.05, 4.69) is 10.6 Å². The lowest BCUT2D eigenvalue weighted by atomic mass is 9.85. The van der Waals surface area contributed by atoms with Gasteiger partial charge in [0.25, 0.3) is 5.91 Å². The first-order valence-electron chi connectivity index (χ1n) is 10.0. The summed E-state index contributed by atoms with van der Waals surface area (Å²) in [6, 6.07) is 13.5. The molecular weight excluding hydrogens is 382 g/mol. The van der Waals surface area contributed by atoms with Crippen molar-refractivity contribution in [2.24, 2.45) is 0 Å². The van der Waals surface area contributed by atoms with E-state index in [1.54, 1.807) is 25.1 Å². The highest BCUT2D eigenvalue weighted by molar-refractivity contribution is 6.12. The van der Waals surface area contributed by atoms with Crippen molar-refractivity contribution >= 4 is 29.3 Å². The normalized spacial score (nSPS) is 22.7. The van der Waals surface area contributed by atoms with Gasteiger partial charge in [0.05, 0.1) is 12.5 Å². The summed E-state index contributed by atoms with van der Waals surface area (Å²) in [6.07, 6.45) is 1.13. The number of Topliss-reactive ketones (excluding diaryl/α,β-unsaturated/α-hetero) is 1. The van der Waals surface area contributed by atoms with Crippen LogP contribution < -0.4 is 10.6 Å². The van der Waals surface area contributed by atoms with Crippen molar-refractivity contribution < 1.29 is 19.2 Å². The Kier molecular flexibility index (Phi) is 4.89. The molecule has 7 heteroatoms. The largest absolute Gasteiger partial charge is 0.325 e. The van der Waals surface area contributed by atoms with Gasteiger partial charge in [0.15, 0.2) is 5.78 Å². The first-order valence-corrected chi connectivity index (χ1v) is 10.0. The molecule has 2 N–H and O–H groups in total. The second kappa shape index (κ2) is 7.40. The monoisotopic (exact) mass is 405 g/mol. The zero-order valence-electron chi connectivity index (χ0n) is 16.9. The van der Waals surface area contributed by atoms with Crippen LogP contribution in [-0.2, 0) is 15.1 Å². The van der Waals surface area contributed by atoms with Crippen molar-refractivity contribution in [3.8, 4) is 0 Å². The van der Waals surface area contributed by atoms with E-state index in [0.29, 0.717) is 29.7 Å². The van der Waals surface area contributed by atoms with Gasteiger partial charge in [-0.2, -0.15) is 0 Å². The molecule has 0 radical (unpaired) electrons. The summed E-state index contributed by atoms with van der Waals surface area (Å²) in [5.74, 6) is -1.23. The molecule has 2 aromatic rings.